The Hall–Kier alpha value is -1.61. The van der Waals surface area contributed by atoms with Crippen LogP contribution in [0.2, 0.25) is 0 Å². The molecule has 0 spiro atoms. The van der Waals surface area contributed by atoms with Crippen molar-refractivity contribution in [1.82, 2.24) is 9.78 Å². The lowest BCUT2D eigenvalue weighted by molar-refractivity contribution is 0.0889. The Morgan fingerprint density at radius 2 is 1.94 bits per heavy atom. The number of hydrogen-bond donors (Lipinski definition) is 0. The van der Waals surface area contributed by atoms with Gasteiger partial charge in [0.1, 0.15) is 5.38 Å². The van der Waals surface area contributed by atoms with Gasteiger partial charge in [0, 0.05) is 5.69 Å². The lowest BCUT2D eigenvalue weighted by Gasteiger charge is -2.09. The number of nitrogens with zero attached hydrogens (tertiary/aromatic N) is 2. The van der Waals surface area contributed by atoms with Gasteiger partial charge in [0.25, 0.3) is 5.91 Å². The molecule has 1 heterocycles. The smallest absolute Gasteiger partial charge is 0.269 e. The molecule has 4 heteroatoms. The lowest BCUT2D eigenvalue weighted by atomic mass is 10.1. The van der Waals surface area contributed by atoms with Crippen molar-refractivity contribution < 1.29 is 4.79 Å². The van der Waals surface area contributed by atoms with Crippen molar-refractivity contribution >= 4 is 17.5 Å². The van der Waals surface area contributed by atoms with Crippen molar-refractivity contribution in [3.8, 4) is 0 Å². The number of carbonyl (C=O) groups is 1. The zero-order valence-corrected chi connectivity index (χ0v) is 10.5. The van der Waals surface area contributed by atoms with E-state index in [1.807, 2.05) is 50.2 Å². The summed E-state index contributed by atoms with van der Waals surface area (Å²) in [7, 11) is 0. The summed E-state index contributed by atoms with van der Waals surface area (Å²) in [5.41, 5.74) is 2.40. The summed E-state index contributed by atoms with van der Waals surface area (Å²) in [6, 6.07) is 11.1. The Morgan fingerprint density at radius 3 is 2.47 bits per heavy atom. The Kier molecular flexibility index (Phi) is 3.29. The van der Waals surface area contributed by atoms with E-state index in [-0.39, 0.29) is 5.91 Å². The van der Waals surface area contributed by atoms with Gasteiger partial charge in [-0.1, -0.05) is 30.3 Å². The van der Waals surface area contributed by atoms with Gasteiger partial charge in [0.2, 0.25) is 0 Å². The van der Waals surface area contributed by atoms with Crippen LogP contribution in [-0.4, -0.2) is 15.7 Å². The molecule has 1 atom stereocenters. The predicted molar refractivity (Wildman–Crippen MR) is 67.4 cm³/mol. The van der Waals surface area contributed by atoms with E-state index in [0.717, 1.165) is 17.0 Å². The van der Waals surface area contributed by atoms with E-state index in [1.54, 1.807) is 0 Å². The summed E-state index contributed by atoms with van der Waals surface area (Å²) < 4.78 is 1.36. The van der Waals surface area contributed by atoms with Crippen molar-refractivity contribution in [3.63, 3.8) is 0 Å². The monoisotopic (exact) mass is 248 g/mol. The van der Waals surface area contributed by atoms with E-state index in [9.17, 15) is 4.79 Å². The third kappa shape index (κ3) is 2.39. The number of hydrogen-bond acceptors (Lipinski definition) is 2. The summed E-state index contributed by atoms with van der Waals surface area (Å²) in [6.07, 6.45) is 0. The van der Waals surface area contributed by atoms with E-state index in [2.05, 4.69) is 5.10 Å². The molecule has 0 aliphatic carbocycles. The third-order valence-electron chi connectivity index (χ3n) is 2.53. The molecule has 0 saturated carbocycles. The summed E-state index contributed by atoms with van der Waals surface area (Å²) in [6.45, 7) is 3.69. The summed E-state index contributed by atoms with van der Waals surface area (Å²) in [5.74, 6) is -0.219. The molecule has 0 N–H and O–H groups in total. The summed E-state index contributed by atoms with van der Waals surface area (Å²) >= 11 is 6.16. The van der Waals surface area contributed by atoms with Crippen LogP contribution in [0.5, 0.6) is 0 Å². The molecule has 0 aliphatic rings. The number of benzene rings is 1. The minimum atomic E-state index is -0.700. The van der Waals surface area contributed by atoms with Crippen LogP contribution in [0.15, 0.2) is 36.4 Å². The number of aryl methyl sites for hydroxylation is 2. The molecule has 1 aromatic carbocycles. The second kappa shape index (κ2) is 4.72. The second-order valence-corrected chi connectivity index (χ2v) is 4.39. The highest BCUT2D eigenvalue weighted by molar-refractivity contribution is 6.31. The van der Waals surface area contributed by atoms with E-state index in [1.165, 1.54) is 4.68 Å². The number of carbonyl (C=O) groups excluding carboxylic acids is 1. The topological polar surface area (TPSA) is 34.9 Å². The normalized spacial score (nSPS) is 12.4. The van der Waals surface area contributed by atoms with Crippen molar-refractivity contribution in [2.75, 3.05) is 0 Å². The summed E-state index contributed by atoms with van der Waals surface area (Å²) in [5, 5.41) is 3.44. The Balaban J connectivity index is 2.30. The molecule has 17 heavy (non-hydrogen) atoms. The van der Waals surface area contributed by atoms with Crippen LogP contribution in [0.1, 0.15) is 27.1 Å². The first-order chi connectivity index (χ1) is 8.09. The fourth-order valence-corrected chi connectivity index (χ4v) is 1.96. The molecule has 0 bridgehead atoms. The SMILES string of the molecule is Cc1cc(C)n(C(=O)[C@@H](Cl)c2ccccc2)n1. The Morgan fingerprint density at radius 1 is 1.29 bits per heavy atom. The van der Waals surface area contributed by atoms with Gasteiger partial charge in [-0.05, 0) is 25.5 Å². The van der Waals surface area contributed by atoms with Crippen LogP contribution >= 0.6 is 11.6 Å². The third-order valence-corrected chi connectivity index (χ3v) is 2.97. The number of halogens is 1. The Labute approximate surface area is 105 Å². The molecular formula is C13H13ClN2O. The predicted octanol–water partition coefficient (Wildman–Crippen LogP) is 3.12. The van der Waals surface area contributed by atoms with E-state index >= 15 is 0 Å². The van der Waals surface area contributed by atoms with Crippen molar-refractivity contribution in [2.45, 2.75) is 19.2 Å². The van der Waals surface area contributed by atoms with Gasteiger partial charge in [-0.25, -0.2) is 4.68 Å². The largest absolute Gasteiger partial charge is 0.270 e. The van der Waals surface area contributed by atoms with E-state index < -0.39 is 5.38 Å². The molecule has 2 aromatic rings. The van der Waals surface area contributed by atoms with Crippen LogP contribution in [0.4, 0.5) is 0 Å². The van der Waals surface area contributed by atoms with Crippen molar-refractivity contribution in [2.24, 2.45) is 0 Å². The number of aromatic nitrogens is 2. The van der Waals surface area contributed by atoms with Gasteiger partial charge >= 0.3 is 0 Å². The van der Waals surface area contributed by atoms with Crippen LogP contribution in [-0.2, 0) is 0 Å². The maximum Gasteiger partial charge on any atom is 0.269 e. The fraction of sp³-hybridized carbons (Fsp3) is 0.231. The molecule has 3 nitrogen and oxygen atoms in total. The zero-order valence-electron chi connectivity index (χ0n) is 9.72. The Bertz CT molecular complexity index is 534. The number of alkyl halides is 1. The molecule has 88 valence electrons. The van der Waals surface area contributed by atoms with E-state index in [0.29, 0.717) is 0 Å². The average molecular weight is 249 g/mol. The molecule has 1 aromatic heterocycles. The highest BCUT2D eigenvalue weighted by atomic mass is 35.5. The standard InChI is InChI=1S/C13H13ClN2O/c1-9-8-10(2)16(15-9)13(17)12(14)11-6-4-3-5-7-11/h3-8,12H,1-2H3/t12-/m0/s1. The number of rotatable bonds is 2. The molecule has 0 amide bonds. The average Bonchev–Trinajstić information content (AvgIpc) is 2.68. The molecule has 0 saturated heterocycles. The molecule has 0 radical (unpaired) electrons. The highest BCUT2D eigenvalue weighted by Gasteiger charge is 2.21. The van der Waals surface area contributed by atoms with Crippen LogP contribution in [0, 0.1) is 13.8 Å². The minimum Gasteiger partial charge on any atom is -0.270 e. The van der Waals surface area contributed by atoms with E-state index in [4.69, 9.17) is 11.6 Å². The van der Waals surface area contributed by atoms with Gasteiger partial charge < -0.3 is 0 Å². The first kappa shape index (κ1) is 11.9. The lowest BCUT2D eigenvalue weighted by Crippen LogP contribution is -2.19. The molecular weight excluding hydrogens is 236 g/mol. The summed E-state index contributed by atoms with van der Waals surface area (Å²) in [4.78, 5) is 12.1. The van der Waals surface area contributed by atoms with Gasteiger partial charge in [0.15, 0.2) is 0 Å². The van der Waals surface area contributed by atoms with Crippen molar-refractivity contribution in [1.29, 1.82) is 0 Å². The quantitative estimate of drug-likeness (QED) is 0.766. The molecule has 2 rings (SSSR count). The van der Waals surface area contributed by atoms with Gasteiger partial charge in [0.05, 0.1) is 5.69 Å². The maximum atomic E-state index is 12.1. The molecule has 0 aliphatic heterocycles. The zero-order chi connectivity index (χ0) is 12.4. The first-order valence-electron chi connectivity index (χ1n) is 5.36. The molecule has 0 fully saturated rings. The van der Waals surface area contributed by atoms with Gasteiger partial charge in [-0.3, -0.25) is 4.79 Å². The highest BCUT2D eigenvalue weighted by Crippen LogP contribution is 2.22. The van der Waals surface area contributed by atoms with Crippen LogP contribution in [0.25, 0.3) is 0 Å². The van der Waals surface area contributed by atoms with Crippen LogP contribution < -0.4 is 0 Å². The van der Waals surface area contributed by atoms with Crippen LogP contribution in [0.3, 0.4) is 0 Å². The van der Waals surface area contributed by atoms with Gasteiger partial charge in [-0.15, -0.1) is 11.6 Å². The molecule has 0 unspecified atom stereocenters. The maximum absolute atomic E-state index is 12.1. The van der Waals surface area contributed by atoms with Gasteiger partial charge in [-0.2, -0.15) is 5.10 Å². The minimum absolute atomic E-state index is 0.219. The van der Waals surface area contributed by atoms with Crippen molar-refractivity contribution in [3.05, 3.63) is 53.3 Å². The first-order valence-corrected chi connectivity index (χ1v) is 5.79. The fourth-order valence-electron chi connectivity index (χ4n) is 1.72. The second-order valence-electron chi connectivity index (χ2n) is 3.95.